The quantitative estimate of drug-likeness (QED) is 0.825. The Kier molecular flexibility index (Phi) is 3.79. The standard InChI is InChI=1S/C8H6F3O3P/c9-8(10,11)7(14-15(12)13)6-4-2-1-3-5-6/h1-5,7H/p+1. The Morgan fingerprint density at radius 1 is 1.27 bits per heavy atom. The highest BCUT2D eigenvalue weighted by atomic mass is 31.1. The molecule has 0 radical (unpaired) electrons. The van der Waals surface area contributed by atoms with Gasteiger partial charge in [-0.15, -0.1) is 9.42 Å². The van der Waals surface area contributed by atoms with Crippen LogP contribution in [-0.4, -0.2) is 11.1 Å². The number of alkyl halides is 3. The predicted octanol–water partition coefficient (Wildman–Crippen LogP) is 2.96. The molecule has 2 unspecified atom stereocenters. The minimum atomic E-state index is -4.71. The van der Waals surface area contributed by atoms with Gasteiger partial charge < -0.3 is 0 Å². The third kappa shape index (κ3) is 3.58. The Balaban J connectivity index is 2.97. The number of halogens is 3. The summed E-state index contributed by atoms with van der Waals surface area (Å²) >= 11 is 0. The highest BCUT2D eigenvalue weighted by Gasteiger charge is 2.47. The van der Waals surface area contributed by atoms with Gasteiger partial charge in [0.05, 0.1) is 0 Å². The molecule has 1 aromatic rings. The maximum atomic E-state index is 12.4. The van der Waals surface area contributed by atoms with Crippen LogP contribution in [0.4, 0.5) is 13.2 Å². The summed E-state index contributed by atoms with van der Waals surface area (Å²) in [7, 11) is -3.30. The highest BCUT2D eigenvalue weighted by Crippen LogP contribution is 2.40. The van der Waals surface area contributed by atoms with Crippen molar-refractivity contribution < 1.29 is 27.2 Å². The third-order valence-corrected chi connectivity index (χ3v) is 1.99. The van der Waals surface area contributed by atoms with Gasteiger partial charge in [-0.3, -0.25) is 0 Å². The van der Waals surface area contributed by atoms with Gasteiger partial charge in [0.25, 0.3) is 0 Å². The van der Waals surface area contributed by atoms with Crippen LogP contribution in [0.3, 0.4) is 0 Å². The van der Waals surface area contributed by atoms with E-state index in [1.807, 2.05) is 0 Å². The Labute approximate surface area is 84.4 Å². The fourth-order valence-corrected chi connectivity index (χ4v) is 1.45. The Morgan fingerprint density at radius 2 is 1.80 bits per heavy atom. The summed E-state index contributed by atoms with van der Waals surface area (Å²) in [6.45, 7) is 0. The molecule has 0 fully saturated rings. The molecule has 0 spiro atoms. The van der Waals surface area contributed by atoms with E-state index in [9.17, 15) is 17.7 Å². The molecule has 0 saturated carbocycles. The van der Waals surface area contributed by atoms with E-state index in [0.29, 0.717) is 0 Å². The lowest BCUT2D eigenvalue weighted by molar-refractivity contribution is -0.198. The molecule has 0 aliphatic heterocycles. The van der Waals surface area contributed by atoms with Crippen molar-refractivity contribution >= 4 is 8.25 Å². The second-order valence-electron chi connectivity index (χ2n) is 2.68. The summed E-state index contributed by atoms with van der Waals surface area (Å²) in [5.41, 5.74) is -0.206. The van der Waals surface area contributed by atoms with Crippen molar-refractivity contribution in [3.05, 3.63) is 35.9 Å². The first kappa shape index (κ1) is 12.1. The normalized spacial score (nSPS) is 14.8. The number of hydrogen-bond donors (Lipinski definition) is 1. The molecule has 7 heteroatoms. The zero-order valence-corrected chi connectivity index (χ0v) is 8.20. The van der Waals surface area contributed by atoms with Crippen LogP contribution in [0.15, 0.2) is 30.3 Å². The van der Waals surface area contributed by atoms with Gasteiger partial charge in [0.1, 0.15) is 0 Å². The summed E-state index contributed by atoms with van der Waals surface area (Å²) in [6, 6.07) is 6.67. The molecule has 0 saturated heterocycles. The molecule has 3 nitrogen and oxygen atoms in total. The van der Waals surface area contributed by atoms with Crippen LogP contribution in [0.1, 0.15) is 11.7 Å². The van der Waals surface area contributed by atoms with Gasteiger partial charge in [0, 0.05) is 4.57 Å². The van der Waals surface area contributed by atoms with Crippen molar-refractivity contribution in [2.45, 2.75) is 12.3 Å². The van der Waals surface area contributed by atoms with Crippen molar-refractivity contribution in [2.24, 2.45) is 0 Å². The maximum Gasteiger partial charge on any atom is 0.695 e. The maximum absolute atomic E-state index is 12.4. The lowest BCUT2D eigenvalue weighted by Crippen LogP contribution is -2.21. The van der Waals surface area contributed by atoms with Crippen molar-refractivity contribution in [3.63, 3.8) is 0 Å². The fourth-order valence-electron chi connectivity index (χ4n) is 1.03. The van der Waals surface area contributed by atoms with Crippen molar-refractivity contribution in [3.8, 4) is 0 Å². The van der Waals surface area contributed by atoms with E-state index in [0.717, 1.165) is 0 Å². The molecular formula is C8H7F3O3P+. The van der Waals surface area contributed by atoms with E-state index in [-0.39, 0.29) is 5.56 Å². The molecule has 0 bridgehead atoms. The number of benzene rings is 1. The van der Waals surface area contributed by atoms with Crippen molar-refractivity contribution in [1.29, 1.82) is 0 Å². The van der Waals surface area contributed by atoms with Gasteiger partial charge >= 0.3 is 14.4 Å². The molecule has 1 rings (SSSR count). The summed E-state index contributed by atoms with van der Waals surface area (Å²) in [5, 5.41) is 0. The SMILES string of the molecule is O=[P+](O)OC(c1ccccc1)C(F)(F)F. The predicted molar refractivity (Wildman–Crippen MR) is 46.1 cm³/mol. The van der Waals surface area contributed by atoms with Gasteiger partial charge in [0.15, 0.2) is 0 Å². The van der Waals surface area contributed by atoms with E-state index in [2.05, 4.69) is 4.52 Å². The van der Waals surface area contributed by atoms with Crippen LogP contribution in [-0.2, 0) is 9.09 Å². The largest absolute Gasteiger partial charge is 0.695 e. The van der Waals surface area contributed by atoms with Gasteiger partial charge in [-0.25, -0.2) is 0 Å². The van der Waals surface area contributed by atoms with Crippen LogP contribution in [0.25, 0.3) is 0 Å². The summed E-state index contributed by atoms with van der Waals surface area (Å²) in [4.78, 5) is 8.33. The molecule has 0 aliphatic rings. The van der Waals surface area contributed by atoms with Crippen molar-refractivity contribution in [1.82, 2.24) is 0 Å². The lowest BCUT2D eigenvalue weighted by atomic mass is 10.1. The van der Waals surface area contributed by atoms with Crippen LogP contribution in [0.2, 0.25) is 0 Å². The Hall–Kier alpha value is -0.970. The van der Waals surface area contributed by atoms with Crippen LogP contribution < -0.4 is 0 Å². The molecule has 0 heterocycles. The second-order valence-corrected chi connectivity index (χ2v) is 3.36. The first-order valence-electron chi connectivity index (χ1n) is 3.86. The highest BCUT2D eigenvalue weighted by molar-refractivity contribution is 7.32. The second kappa shape index (κ2) is 4.70. The summed E-state index contributed by atoms with van der Waals surface area (Å²) < 4.78 is 51.4. The molecule has 0 aliphatic carbocycles. The zero-order valence-electron chi connectivity index (χ0n) is 7.31. The van der Waals surface area contributed by atoms with Crippen LogP contribution >= 0.6 is 8.25 Å². The Morgan fingerprint density at radius 3 is 2.20 bits per heavy atom. The van der Waals surface area contributed by atoms with Crippen LogP contribution in [0.5, 0.6) is 0 Å². The van der Waals surface area contributed by atoms with Gasteiger partial charge in [-0.2, -0.15) is 13.2 Å². The van der Waals surface area contributed by atoms with Gasteiger partial charge in [0.2, 0.25) is 6.10 Å². The first-order chi connectivity index (χ1) is 6.91. The van der Waals surface area contributed by atoms with E-state index in [1.54, 1.807) is 0 Å². The van der Waals surface area contributed by atoms with E-state index >= 15 is 0 Å². The Bertz CT molecular complexity index is 339. The van der Waals surface area contributed by atoms with Gasteiger partial charge in [-0.1, -0.05) is 30.3 Å². The molecule has 0 amide bonds. The van der Waals surface area contributed by atoms with Gasteiger partial charge in [-0.05, 0) is 5.56 Å². The van der Waals surface area contributed by atoms with E-state index in [4.69, 9.17) is 4.89 Å². The minimum Gasteiger partial charge on any atom is -0.168 e. The first-order valence-corrected chi connectivity index (χ1v) is 4.99. The molecule has 82 valence electrons. The van der Waals surface area contributed by atoms with Crippen LogP contribution in [0, 0.1) is 0 Å². The topological polar surface area (TPSA) is 46.5 Å². The molecule has 1 aromatic carbocycles. The average Bonchev–Trinajstić information content (AvgIpc) is 2.14. The zero-order chi connectivity index (χ0) is 11.5. The smallest absolute Gasteiger partial charge is 0.168 e. The molecule has 15 heavy (non-hydrogen) atoms. The summed E-state index contributed by atoms with van der Waals surface area (Å²) in [6.07, 6.45) is -7.08. The average molecular weight is 239 g/mol. The monoisotopic (exact) mass is 239 g/mol. The number of rotatable bonds is 3. The van der Waals surface area contributed by atoms with E-state index < -0.39 is 20.5 Å². The lowest BCUT2D eigenvalue weighted by Gasteiger charge is -2.14. The minimum absolute atomic E-state index is 0.206. The summed E-state index contributed by atoms with van der Waals surface area (Å²) in [5.74, 6) is 0. The fraction of sp³-hybridized carbons (Fsp3) is 0.250. The number of hydrogen-bond acceptors (Lipinski definition) is 2. The molecular weight excluding hydrogens is 232 g/mol. The molecule has 1 N–H and O–H groups in total. The molecule has 2 atom stereocenters. The third-order valence-electron chi connectivity index (χ3n) is 1.60. The molecule has 0 aromatic heterocycles. The van der Waals surface area contributed by atoms with E-state index in [1.165, 1.54) is 30.3 Å². The van der Waals surface area contributed by atoms with Crippen molar-refractivity contribution in [2.75, 3.05) is 0 Å².